The third kappa shape index (κ3) is 2.24. The van der Waals surface area contributed by atoms with Gasteiger partial charge in [0.25, 0.3) is 0 Å². The zero-order chi connectivity index (χ0) is 11.4. The van der Waals surface area contributed by atoms with Crippen molar-refractivity contribution in [2.75, 3.05) is 6.73 Å². The number of aryl methyl sites for hydroxylation is 1. The molecule has 1 aliphatic rings. The summed E-state index contributed by atoms with van der Waals surface area (Å²) in [6.07, 6.45) is 3.25. The molecule has 0 N–H and O–H groups in total. The average Bonchev–Trinajstić information content (AvgIpc) is 2.69. The minimum absolute atomic E-state index is 0.343. The summed E-state index contributed by atoms with van der Waals surface area (Å²) in [6.45, 7) is 7.84. The lowest BCUT2D eigenvalue weighted by atomic mass is 10.1. The molecule has 0 saturated heterocycles. The number of rotatable bonds is 4. The quantitative estimate of drug-likeness (QED) is 0.334. The maximum Gasteiger partial charge on any atom is 0.179 e. The van der Waals surface area contributed by atoms with Crippen molar-refractivity contribution < 1.29 is 4.74 Å². The van der Waals surface area contributed by atoms with Gasteiger partial charge >= 0.3 is 0 Å². The summed E-state index contributed by atoms with van der Waals surface area (Å²) in [6, 6.07) is 6.44. The Hall–Kier alpha value is -1.77. The van der Waals surface area contributed by atoms with E-state index in [-0.39, 0.29) is 0 Å². The van der Waals surface area contributed by atoms with Gasteiger partial charge in [0.2, 0.25) is 0 Å². The summed E-state index contributed by atoms with van der Waals surface area (Å²) in [5.74, 6) is 0. The summed E-state index contributed by atoms with van der Waals surface area (Å²) in [5, 5.41) is 0. The molecule has 2 rings (SSSR count). The zero-order valence-electron chi connectivity index (χ0n) is 9.52. The predicted octanol–water partition coefficient (Wildman–Crippen LogP) is 2.46. The monoisotopic (exact) mass is 216 g/mol. The second-order valence-corrected chi connectivity index (χ2v) is 3.88. The van der Waals surface area contributed by atoms with Crippen molar-refractivity contribution in [3.05, 3.63) is 47.7 Å². The van der Waals surface area contributed by atoms with E-state index in [1.54, 1.807) is 0 Å². The first kappa shape index (κ1) is 10.7. The van der Waals surface area contributed by atoms with Crippen molar-refractivity contribution >= 4 is 6.34 Å². The van der Waals surface area contributed by atoms with Crippen molar-refractivity contribution in [1.82, 2.24) is 4.90 Å². The summed E-state index contributed by atoms with van der Waals surface area (Å²) in [4.78, 5) is 6.35. The number of nitrogens with zero attached hydrogens (tertiary/aromatic N) is 2. The molecule has 0 fully saturated rings. The Morgan fingerprint density at radius 3 is 3.12 bits per heavy atom. The molecular formula is C13H16N2O. The summed E-state index contributed by atoms with van der Waals surface area (Å²) in [7, 11) is 0. The lowest BCUT2D eigenvalue weighted by Gasteiger charge is -2.09. The highest BCUT2D eigenvalue weighted by Crippen LogP contribution is 2.24. The highest BCUT2D eigenvalue weighted by atomic mass is 16.5. The van der Waals surface area contributed by atoms with E-state index in [1.807, 2.05) is 6.34 Å². The molecular weight excluding hydrogens is 200 g/mol. The molecule has 0 unspecified atom stereocenters. The van der Waals surface area contributed by atoms with Crippen molar-refractivity contribution in [3.8, 4) is 0 Å². The highest BCUT2D eigenvalue weighted by Gasteiger charge is 2.17. The molecule has 0 bridgehead atoms. The number of benzene rings is 1. The molecule has 0 atom stereocenters. The Morgan fingerprint density at radius 1 is 1.50 bits per heavy atom. The molecule has 1 heterocycles. The van der Waals surface area contributed by atoms with Gasteiger partial charge < -0.3 is 9.64 Å². The van der Waals surface area contributed by atoms with Crippen LogP contribution < -0.4 is 0 Å². The standard InChI is InChI=1S/C13H16N2O/c1-3-16-10-14-9-15-7-12-6-4-5-11(2)13(12)8-15/h3-6,9H,1,7-8,10H2,2H3/b14-9+. The Balaban J connectivity index is 1.98. The second-order valence-electron chi connectivity index (χ2n) is 3.88. The maximum absolute atomic E-state index is 4.93. The van der Waals surface area contributed by atoms with Gasteiger partial charge in [-0.2, -0.15) is 0 Å². The molecule has 0 aliphatic carbocycles. The number of hydrogen-bond acceptors (Lipinski definition) is 2. The lowest BCUT2D eigenvalue weighted by Crippen LogP contribution is -2.13. The Bertz CT molecular complexity index is 412. The van der Waals surface area contributed by atoms with Crippen LogP contribution in [0.2, 0.25) is 0 Å². The third-order valence-electron chi connectivity index (χ3n) is 2.75. The van der Waals surface area contributed by atoms with Crippen molar-refractivity contribution in [3.63, 3.8) is 0 Å². The van der Waals surface area contributed by atoms with Crippen LogP contribution in [0.25, 0.3) is 0 Å². The smallest absolute Gasteiger partial charge is 0.179 e. The van der Waals surface area contributed by atoms with Crippen LogP contribution in [-0.2, 0) is 17.8 Å². The maximum atomic E-state index is 4.93. The van der Waals surface area contributed by atoms with Gasteiger partial charge in [-0.3, -0.25) is 0 Å². The van der Waals surface area contributed by atoms with E-state index >= 15 is 0 Å². The Morgan fingerprint density at radius 2 is 2.38 bits per heavy atom. The molecule has 0 amide bonds. The molecule has 3 heteroatoms. The van der Waals surface area contributed by atoms with Gasteiger partial charge in [-0.25, -0.2) is 4.99 Å². The topological polar surface area (TPSA) is 24.8 Å². The zero-order valence-corrected chi connectivity index (χ0v) is 9.52. The minimum atomic E-state index is 0.343. The molecule has 0 spiro atoms. The molecule has 1 aliphatic heterocycles. The Labute approximate surface area is 96.1 Å². The third-order valence-corrected chi connectivity index (χ3v) is 2.75. The minimum Gasteiger partial charge on any atom is -0.480 e. The van der Waals surface area contributed by atoms with E-state index in [0.29, 0.717) is 6.73 Å². The molecule has 0 aromatic heterocycles. The van der Waals surface area contributed by atoms with Crippen molar-refractivity contribution in [2.24, 2.45) is 4.99 Å². The predicted molar refractivity (Wildman–Crippen MR) is 65.1 cm³/mol. The molecule has 1 aromatic carbocycles. The second kappa shape index (κ2) is 4.84. The summed E-state index contributed by atoms with van der Waals surface area (Å²) >= 11 is 0. The lowest BCUT2D eigenvalue weighted by molar-refractivity contribution is 0.261. The van der Waals surface area contributed by atoms with Crippen LogP contribution in [0.15, 0.2) is 36.0 Å². The van der Waals surface area contributed by atoms with Gasteiger partial charge in [0, 0.05) is 13.1 Å². The van der Waals surface area contributed by atoms with E-state index in [4.69, 9.17) is 4.74 Å². The fourth-order valence-electron chi connectivity index (χ4n) is 1.94. The van der Waals surface area contributed by atoms with Gasteiger partial charge in [0.1, 0.15) is 0 Å². The van der Waals surface area contributed by atoms with Crippen molar-refractivity contribution in [2.45, 2.75) is 20.0 Å². The molecule has 1 aromatic rings. The summed E-state index contributed by atoms with van der Waals surface area (Å²) < 4.78 is 4.93. The van der Waals surface area contributed by atoms with Gasteiger partial charge in [-0.05, 0) is 23.6 Å². The van der Waals surface area contributed by atoms with Crippen LogP contribution in [0.1, 0.15) is 16.7 Å². The first-order valence-electron chi connectivity index (χ1n) is 5.35. The van der Waals surface area contributed by atoms with Crippen LogP contribution in [0, 0.1) is 6.92 Å². The molecule has 0 saturated carbocycles. The normalized spacial score (nSPS) is 14.2. The van der Waals surface area contributed by atoms with Crippen LogP contribution in [-0.4, -0.2) is 18.0 Å². The molecule has 0 radical (unpaired) electrons. The first-order valence-corrected chi connectivity index (χ1v) is 5.35. The van der Waals surface area contributed by atoms with Gasteiger partial charge in [0.05, 0.1) is 12.6 Å². The van der Waals surface area contributed by atoms with Gasteiger partial charge in [0.15, 0.2) is 6.73 Å². The first-order chi connectivity index (χ1) is 7.81. The molecule has 3 nitrogen and oxygen atoms in total. The van der Waals surface area contributed by atoms with Gasteiger partial charge in [-0.15, -0.1) is 0 Å². The fraction of sp³-hybridized carbons (Fsp3) is 0.308. The van der Waals surface area contributed by atoms with E-state index in [1.165, 1.54) is 23.0 Å². The molecule has 84 valence electrons. The van der Waals surface area contributed by atoms with E-state index in [2.05, 4.69) is 41.6 Å². The van der Waals surface area contributed by atoms with E-state index in [0.717, 1.165) is 13.1 Å². The van der Waals surface area contributed by atoms with Crippen LogP contribution >= 0.6 is 0 Å². The number of aliphatic imine (C=N–C) groups is 1. The number of ether oxygens (including phenoxy) is 1. The highest BCUT2D eigenvalue weighted by molar-refractivity contribution is 5.57. The van der Waals surface area contributed by atoms with Crippen molar-refractivity contribution in [1.29, 1.82) is 0 Å². The SMILES string of the molecule is C=COC/N=C/N1Cc2cccc(C)c2C1. The molecule has 16 heavy (non-hydrogen) atoms. The Kier molecular flexibility index (Phi) is 3.25. The fourth-order valence-corrected chi connectivity index (χ4v) is 1.94. The average molecular weight is 216 g/mol. The van der Waals surface area contributed by atoms with E-state index < -0.39 is 0 Å². The van der Waals surface area contributed by atoms with E-state index in [9.17, 15) is 0 Å². The summed E-state index contributed by atoms with van der Waals surface area (Å²) in [5.41, 5.74) is 4.19. The van der Waals surface area contributed by atoms with Crippen LogP contribution in [0.3, 0.4) is 0 Å². The number of fused-ring (bicyclic) bond motifs is 1. The van der Waals surface area contributed by atoms with Crippen LogP contribution in [0.4, 0.5) is 0 Å². The van der Waals surface area contributed by atoms with Gasteiger partial charge in [-0.1, -0.05) is 24.8 Å². The number of hydrogen-bond donors (Lipinski definition) is 0. The van der Waals surface area contributed by atoms with Crippen LogP contribution in [0.5, 0.6) is 0 Å². The largest absolute Gasteiger partial charge is 0.480 e.